The van der Waals surface area contributed by atoms with Crippen LogP contribution in [0.25, 0.3) is 0 Å². The van der Waals surface area contributed by atoms with Crippen molar-refractivity contribution < 1.29 is 58.3 Å². The molecule has 4 aliphatic rings. The molecule has 5 rings (SSSR count). The second-order valence-electron chi connectivity index (χ2n) is 13.0. The quantitative estimate of drug-likeness (QED) is 0.0932. The van der Waals surface area contributed by atoms with Crippen LogP contribution in [0.15, 0.2) is 48.1 Å². The Bertz CT molecular complexity index is 1550. The Morgan fingerprint density at radius 2 is 1.85 bits per heavy atom. The van der Waals surface area contributed by atoms with Gasteiger partial charge in [0.05, 0.1) is 24.3 Å². The molecule has 4 aliphatic carbocycles. The van der Waals surface area contributed by atoms with Gasteiger partial charge in [0, 0.05) is 23.2 Å². The van der Waals surface area contributed by atoms with Crippen molar-refractivity contribution in [2.24, 2.45) is 22.7 Å². The fourth-order valence-electron chi connectivity index (χ4n) is 8.27. The molecule has 8 atom stereocenters. The minimum Gasteiger partial charge on any atom is -0.460 e. The lowest BCUT2D eigenvalue weighted by atomic mass is 9.45. The van der Waals surface area contributed by atoms with E-state index in [-0.39, 0.29) is 55.7 Å². The number of carbonyl (C=O) groups excluding carboxylic acids is 4. The molecule has 2 fully saturated rings. The van der Waals surface area contributed by atoms with Gasteiger partial charge in [-0.2, -0.15) is 0 Å². The molecular formula is C32H37FN2O12. The van der Waals surface area contributed by atoms with Crippen molar-refractivity contribution in [2.45, 2.75) is 69.6 Å². The monoisotopic (exact) mass is 660 g/mol. The van der Waals surface area contributed by atoms with Crippen molar-refractivity contribution in [3.63, 3.8) is 0 Å². The summed E-state index contributed by atoms with van der Waals surface area (Å²) in [5, 5.41) is 46.0. The molecule has 0 spiro atoms. The number of Topliss-reactive ketones (excluding diaryl/α,β-unsaturated/α-hetero) is 1. The molecule has 0 aromatic heterocycles. The fourth-order valence-corrected chi connectivity index (χ4v) is 8.27. The fraction of sp³-hybridized carbons (Fsp3) is 0.562. The van der Waals surface area contributed by atoms with Crippen LogP contribution in [0.2, 0.25) is 0 Å². The van der Waals surface area contributed by atoms with Gasteiger partial charge in [-0.1, -0.05) is 42.8 Å². The Morgan fingerprint density at radius 3 is 2.57 bits per heavy atom. The largest absolute Gasteiger partial charge is 0.460 e. The number of ketones is 2. The third-order valence-corrected chi connectivity index (χ3v) is 10.8. The summed E-state index contributed by atoms with van der Waals surface area (Å²) < 4.78 is 27.3. The molecule has 0 unspecified atom stereocenters. The van der Waals surface area contributed by atoms with Crippen LogP contribution in [0.1, 0.15) is 55.5 Å². The molecule has 14 nitrogen and oxygen atoms in total. The van der Waals surface area contributed by atoms with Gasteiger partial charge in [-0.3, -0.25) is 9.59 Å². The number of nitrogens with one attached hydrogen (secondary N) is 1. The number of alkyl carbamates (subject to hydrolysis) is 1. The summed E-state index contributed by atoms with van der Waals surface area (Å²) in [5.41, 5.74) is -6.65. The van der Waals surface area contributed by atoms with Crippen molar-refractivity contribution in [2.75, 3.05) is 19.8 Å². The van der Waals surface area contributed by atoms with Crippen LogP contribution >= 0.6 is 0 Å². The second-order valence-corrected chi connectivity index (χ2v) is 13.0. The second kappa shape index (κ2) is 12.4. The summed E-state index contributed by atoms with van der Waals surface area (Å²) in [6, 6.07) is 5.92. The third-order valence-electron chi connectivity index (χ3n) is 10.8. The van der Waals surface area contributed by atoms with E-state index in [1.807, 2.05) is 0 Å². The highest BCUT2D eigenvalue weighted by Crippen LogP contribution is 2.69. The Kier molecular flexibility index (Phi) is 9.03. The number of nitrogens with zero attached hydrogens (tertiary/aromatic N) is 1. The van der Waals surface area contributed by atoms with Gasteiger partial charge < -0.3 is 34.9 Å². The van der Waals surface area contributed by atoms with Gasteiger partial charge in [0.1, 0.15) is 13.2 Å². The molecule has 0 radical (unpaired) electrons. The summed E-state index contributed by atoms with van der Waals surface area (Å²) in [5.74, 6) is -3.64. The Morgan fingerprint density at radius 1 is 1.13 bits per heavy atom. The summed E-state index contributed by atoms with van der Waals surface area (Å²) in [6.07, 6.45) is -0.134. The van der Waals surface area contributed by atoms with E-state index in [1.165, 1.54) is 37.3 Å². The molecule has 2 saturated carbocycles. The lowest BCUT2D eigenvalue weighted by molar-refractivity contribution is -0.763. The van der Waals surface area contributed by atoms with Gasteiger partial charge in [-0.15, -0.1) is 10.1 Å². The number of alkyl halides is 1. The summed E-state index contributed by atoms with van der Waals surface area (Å²) >= 11 is 0. The van der Waals surface area contributed by atoms with Gasteiger partial charge >= 0.3 is 12.1 Å². The summed E-state index contributed by atoms with van der Waals surface area (Å²) in [6.45, 7) is 1.18. The van der Waals surface area contributed by atoms with E-state index in [2.05, 4.69) is 10.2 Å². The predicted octanol–water partition coefficient (Wildman–Crippen LogP) is 1.92. The molecule has 0 aliphatic heterocycles. The number of fused-ring (bicyclic) bond motifs is 5. The smallest absolute Gasteiger partial charge is 0.407 e. The molecular weight excluding hydrogens is 623 g/mol. The van der Waals surface area contributed by atoms with Gasteiger partial charge in [-0.05, 0) is 49.8 Å². The maximum atomic E-state index is 17.2. The molecule has 0 saturated heterocycles. The molecule has 47 heavy (non-hydrogen) atoms. The van der Waals surface area contributed by atoms with Crippen LogP contribution in [0.5, 0.6) is 0 Å². The Hall–Kier alpha value is -4.21. The van der Waals surface area contributed by atoms with E-state index in [0.29, 0.717) is 5.57 Å². The van der Waals surface area contributed by atoms with Crippen LogP contribution in [-0.4, -0.2) is 87.3 Å². The van der Waals surface area contributed by atoms with Crippen molar-refractivity contribution in [3.8, 4) is 0 Å². The van der Waals surface area contributed by atoms with Crippen LogP contribution in [-0.2, 0) is 30.5 Å². The van der Waals surface area contributed by atoms with E-state index >= 15 is 4.39 Å². The van der Waals surface area contributed by atoms with Crippen LogP contribution in [0.3, 0.4) is 0 Å². The first-order chi connectivity index (χ1) is 22.1. The molecule has 0 bridgehead atoms. The van der Waals surface area contributed by atoms with Gasteiger partial charge in [0.15, 0.2) is 23.7 Å². The van der Waals surface area contributed by atoms with E-state index in [0.717, 1.165) is 0 Å². The SMILES string of the molecule is C[C@]12C=CC(=O)CC1=CC[C@H]1[C@@H]3C[C@@H](O)[C@](O)(C(=O)COC(=O)NCCOC(=O)c4ccccc4CO[N+](=O)[O-])[C@@]3(C)C[C@H](O)[C@@]12F. The normalized spacial score (nSPS) is 35.4. The number of halogens is 1. The number of aliphatic hydroxyl groups excluding tert-OH is 2. The number of esters is 1. The number of hydrogen-bond donors (Lipinski definition) is 4. The first-order valence-electron chi connectivity index (χ1n) is 15.2. The number of ether oxygens (including phenoxy) is 2. The van der Waals surface area contributed by atoms with E-state index in [9.17, 15) is 44.6 Å². The number of amides is 1. The van der Waals surface area contributed by atoms with Crippen LogP contribution < -0.4 is 5.32 Å². The van der Waals surface area contributed by atoms with Crippen molar-refractivity contribution in [1.29, 1.82) is 0 Å². The number of benzene rings is 1. The van der Waals surface area contributed by atoms with Crippen molar-refractivity contribution >= 4 is 23.6 Å². The first-order valence-corrected chi connectivity index (χ1v) is 15.2. The van der Waals surface area contributed by atoms with E-state index in [4.69, 9.17) is 9.47 Å². The highest BCUT2D eigenvalue weighted by molar-refractivity contribution is 5.94. The summed E-state index contributed by atoms with van der Waals surface area (Å²) in [7, 11) is 0. The zero-order chi connectivity index (χ0) is 34.4. The van der Waals surface area contributed by atoms with Crippen molar-refractivity contribution in [1.82, 2.24) is 5.32 Å². The highest BCUT2D eigenvalue weighted by Gasteiger charge is 2.76. The van der Waals surface area contributed by atoms with Crippen LogP contribution in [0, 0.1) is 32.8 Å². The Balaban J connectivity index is 1.18. The van der Waals surface area contributed by atoms with Gasteiger partial charge in [0.2, 0.25) is 5.78 Å². The van der Waals surface area contributed by atoms with E-state index in [1.54, 1.807) is 19.1 Å². The number of carbonyl (C=O) groups is 4. The average Bonchev–Trinajstić information content (AvgIpc) is 3.23. The maximum absolute atomic E-state index is 17.2. The zero-order valence-electron chi connectivity index (χ0n) is 25.8. The summed E-state index contributed by atoms with van der Waals surface area (Å²) in [4.78, 5) is 65.0. The molecule has 0 heterocycles. The van der Waals surface area contributed by atoms with E-state index < -0.39 is 82.3 Å². The first kappa shape index (κ1) is 34.1. The number of hydrogen-bond acceptors (Lipinski definition) is 12. The molecule has 1 aromatic rings. The topological polar surface area (TPSA) is 212 Å². The zero-order valence-corrected chi connectivity index (χ0v) is 25.8. The van der Waals surface area contributed by atoms with Gasteiger partial charge in [0.25, 0.3) is 5.09 Å². The maximum Gasteiger partial charge on any atom is 0.407 e. The lowest BCUT2D eigenvalue weighted by Crippen LogP contribution is -2.69. The standard InChI is InChI=1S/C32H37FN2O12/c1-29-10-9-20(36)13-19(29)7-8-22-23-14-24(37)32(42,30(23,2)15-25(38)31(22,29)33)26(39)17-46-28(41)34-11-12-45-27(40)21-6-4-3-5-18(21)16-47-35(43)44/h3-7,9-10,22-25,37-38,42H,8,11-17H2,1-2H3,(H,34,41)/t22-,23-,24+,25-,29-,30-,31-,32-/m0/s1. The molecule has 254 valence electrons. The van der Waals surface area contributed by atoms with Gasteiger partial charge in [-0.25, -0.2) is 14.0 Å². The minimum atomic E-state index is -2.47. The number of aliphatic hydroxyl groups is 3. The van der Waals surface area contributed by atoms with Crippen molar-refractivity contribution in [3.05, 3.63) is 69.3 Å². The average molecular weight is 661 g/mol. The highest BCUT2D eigenvalue weighted by atomic mass is 19.1. The molecule has 15 heteroatoms. The lowest BCUT2D eigenvalue weighted by Gasteiger charge is -2.61. The predicted molar refractivity (Wildman–Crippen MR) is 158 cm³/mol. The molecule has 1 amide bonds. The minimum absolute atomic E-state index is 0.0274. The van der Waals surface area contributed by atoms with Crippen LogP contribution in [0.4, 0.5) is 9.18 Å². The molecule has 4 N–H and O–H groups in total. The molecule has 1 aromatic carbocycles. The number of rotatable bonds is 10. The third kappa shape index (κ3) is 5.49. The Labute approximate surface area is 268 Å². The number of allylic oxidation sites excluding steroid dienone is 4.